The minimum atomic E-state index is -0.0923. The zero-order valence-corrected chi connectivity index (χ0v) is 22.5. The Bertz CT molecular complexity index is 1250. The molecule has 0 aliphatic rings. The van der Waals surface area contributed by atoms with Crippen molar-refractivity contribution in [3.63, 3.8) is 0 Å². The minimum Gasteiger partial charge on any atom is -0.372 e. The largest absolute Gasteiger partial charge is 0.372 e. The van der Waals surface area contributed by atoms with Crippen molar-refractivity contribution >= 4 is 44.8 Å². The number of aromatic nitrogens is 2. The number of hydrogen-bond acceptors (Lipinski definition) is 6. The van der Waals surface area contributed by atoms with Crippen molar-refractivity contribution in [2.45, 2.75) is 47.5 Å². The van der Waals surface area contributed by atoms with Gasteiger partial charge in [-0.25, -0.2) is 15.0 Å². The second kappa shape index (κ2) is 11.4. The van der Waals surface area contributed by atoms with Crippen LogP contribution in [0.15, 0.2) is 65.1 Å². The third-order valence-electron chi connectivity index (χ3n) is 6.58. The van der Waals surface area contributed by atoms with Gasteiger partial charge in [-0.15, -0.1) is 0 Å². The van der Waals surface area contributed by atoms with Gasteiger partial charge in [0.1, 0.15) is 5.84 Å². The Morgan fingerprint density at radius 2 is 1.97 bits per heavy atom. The Balaban J connectivity index is 2.14. The summed E-state index contributed by atoms with van der Waals surface area (Å²) in [4.78, 5) is 20.6. The van der Waals surface area contributed by atoms with Crippen LogP contribution < -0.4 is 10.2 Å². The average molecular weight is 489 g/mol. The number of aliphatic imine (C=N–C) groups is 2. The Morgan fingerprint density at radius 1 is 1.23 bits per heavy atom. The van der Waals surface area contributed by atoms with E-state index >= 15 is 0 Å². The van der Waals surface area contributed by atoms with Crippen LogP contribution in [0.2, 0.25) is 0 Å². The van der Waals surface area contributed by atoms with Crippen molar-refractivity contribution in [2.75, 3.05) is 18.5 Å². The van der Waals surface area contributed by atoms with Crippen molar-refractivity contribution in [3.05, 3.63) is 60.7 Å². The minimum absolute atomic E-state index is 0.0923. The molecule has 2 heterocycles. The fraction of sp³-hybridized carbons (Fsp3) is 0.357. The molecule has 3 rings (SSSR count). The van der Waals surface area contributed by atoms with Gasteiger partial charge in [-0.3, -0.25) is 4.98 Å². The van der Waals surface area contributed by atoms with Crippen LogP contribution in [-0.4, -0.2) is 36.1 Å². The standard InChI is InChI=1S/C28H36N6S/c1-9-28(6,10-2)26(29-7)32-18-19(4)21-16-22(23-14-12-13-15-31-23)25-24(17-21)33-27(35-25)34(8)20(5)30-11-3/h12-18,30H,5,7,9-11H2,1-4,6,8H3/b19-18+,32-26?. The summed E-state index contributed by atoms with van der Waals surface area (Å²) in [6, 6.07) is 10.3. The lowest BCUT2D eigenvalue weighted by molar-refractivity contribution is 0.430. The van der Waals surface area contributed by atoms with Crippen LogP contribution in [0.5, 0.6) is 0 Å². The van der Waals surface area contributed by atoms with Crippen LogP contribution in [0.4, 0.5) is 5.13 Å². The number of amidine groups is 1. The van der Waals surface area contributed by atoms with Gasteiger partial charge in [0.25, 0.3) is 0 Å². The molecular weight excluding hydrogens is 452 g/mol. The molecule has 35 heavy (non-hydrogen) atoms. The highest BCUT2D eigenvalue weighted by molar-refractivity contribution is 7.22. The molecule has 1 aromatic carbocycles. The lowest BCUT2D eigenvalue weighted by atomic mass is 9.83. The molecule has 0 saturated heterocycles. The maximum Gasteiger partial charge on any atom is 0.191 e. The summed E-state index contributed by atoms with van der Waals surface area (Å²) in [6.07, 6.45) is 5.62. The maximum absolute atomic E-state index is 4.95. The number of anilines is 1. The van der Waals surface area contributed by atoms with E-state index < -0.39 is 0 Å². The SMILES string of the molecule is C=NC(=N/C=C(\C)c1cc(-c2ccccn2)c2sc(N(C)C(=C)NCC)nc2c1)C(C)(CC)CC. The molecule has 0 atom stereocenters. The van der Waals surface area contributed by atoms with Gasteiger partial charge in [0, 0.05) is 37.0 Å². The Morgan fingerprint density at radius 3 is 2.57 bits per heavy atom. The van der Waals surface area contributed by atoms with Gasteiger partial charge in [-0.1, -0.05) is 44.8 Å². The second-order valence-corrected chi connectivity index (χ2v) is 9.79. The number of thiazole rings is 1. The predicted molar refractivity (Wildman–Crippen MR) is 153 cm³/mol. The number of pyridine rings is 1. The van der Waals surface area contributed by atoms with Gasteiger partial charge >= 0.3 is 0 Å². The first-order chi connectivity index (χ1) is 16.8. The first-order valence-electron chi connectivity index (χ1n) is 12.0. The molecule has 0 aliphatic heterocycles. The van der Waals surface area contributed by atoms with Crippen molar-refractivity contribution in [2.24, 2.45) is 15.4 Å². The number of nitrogens with one attached hydrogen (secondary N) is 1. The Kier molecular flexibility index (Phi) is 8.57. The molecule has 0 radical (unpaired) electrons. The van der Waals surface area contributed by atoms with Crippen molar-refractivity contribution < 1.29 is 0 Å². The molecule has 0 aliphatic carbocycles. The number of allylic oxidation sites excluding steroid dienone is 1. The van der Waals surface area contributed by atoms with Crippen LogP contribution in [0.3, 0.4) is 0 Å². The van der Waals surface area contributed by atoms with Gasteiger partial charge in [-0.05, 0) is 68.8 Å². The number of rotatable bonds is 10. The van der Waals surface area contributed by atoms with E-state index in [1.807, 2.05) is 42.5 Å². The van der Waals surface area contributed by atoms with Crippen LogP contribution in [0.25, 0.3) is 27.0 Å². The van der Waals surface area contributed by atoms with Crippen LogP contribution in [0.1, 0.15) is 53.0 Å². The first kappa shape index (κ1) is 26.3. The van der Waals surface area contributed by atoms with Gasteiger partial charge < -0.3 is 10.2 Å². The van der Waals surface area contributed by atoms with E-state index in [4.69, 9.17) is 9.98 Å². The van der Waals surface area contributed by atoms with Crippen LogP contribution >= 0.6 is 11.3 Å². The molecule has 0 unspecified atom stereocenters. The molecule has 0 saturated carbocycles. The summed E-state index contributed by atoms with van der Waals surface area (Å²) in [5.41, 5.74) is 4.87. The topological polar surface area (TPSA) is 65.8 Å². The van der Waals surface area contributed by atoms with Crippen LogP contribution in [-0.2, 0) is 0 Å². The molecule has 0 amide bonds. The van der Waals surface area contributed by atoms with Crippen molar-refractivity contribution in [3.8, 4) is 11.3 Å². The fourth-order valence-corrected chi connectivity index (χ4v) is 4.79. The zero-order valence-electron chi connectivity index (χ0n) is 21.7. The van der Waals surface area contributed by atoms with Gasteiger partial charge in [0.2, 0.25) is 0 Å². The highest BCUT2D eigenvalue weighted by atomic mass is 32.1. The number of nitrogens with zero attached hydrogens (tertiary/aromatic N) is 5. The molecule has 1 N–H and O–H groups in total. The lowest BCUT2D eigenvalue weighted by Gasteiger charge is -2.25. The number of benzene rings is 1. The van der Waals surface area contributed by atoms with Crippen molar-refractivity contribution in [1.29, 1.82) is 0 Å². The van der Waals surface area contributed by atoms with Crippen molar-refractivity contribution in [1.82, 2.24) is 15.3 Å². The second-order valence-electron chi connectivity index (χ2n) is 8.81. The van der Waals surface area contributed by atoms with E-state index in [0.717, 1.165) is 68.8 Å². The molecule has 0 fully saturated rings. The smallest absolute Gasteiger partial charge is 0.191 e. The zero-order chi connectivity index (χ0) is 25.6. The normalized spacial score (nSPS) is 12.6. The van der Waals surface area contributed by atoms with Crippen LogP contribution in [0, 0.1) is 5.41 Å². The average Bonchev–Trinajstić information content (AvgIpc) is 3.32. The molecule has 2 aromatic heterocycles. The summed E-state index contributed by atoms with van der Waals surface area (Å²) < 4.78 is 1.09. The lowest BCUT2D eigenvalue weighted by Crippen LogP contribution is -2.27. The molecule has 7 heteroatoms. The third-order valence-corrected chi connectivity index (χ3v) is 7.76. The van der Waals surface area contributed by atoms with E-state index in [1.165, 1.54) is 0 Å². The predicted octanol–water partition coefficient (Wildman–Crippen LogP) is 7.16. The fourth-order valence-electron chi connectivity index (χ4n) is 3.73. The van der Waals surface area contributed by atoms with Gasteiger partial charge in [0.05, 0.1) is 21.7 Å². The molecule has 3 aromatic rings. The number of hydrogen-bond donors (Lipinski definition) is 1. The van der Waals surface area contributed by atoms with E-state index in [-0.39, 0.29) is 5.41 Å². The molecule has 0 spiro atoms. The first-order valence-corrected chi connectivity index (χ1v) is 12.8. The van der Waals surface area contributed by atoms with Gasteiger partial charge in [-0.2, -0.15) is 0 Å². The summed E-state index contributed by atoms with van der Waals surface area (Å²) in [6.45, 7) is 19.3. The Labute approximate surface area is 213 Å². The van der Waals surface area contributed by atoms with E-state index in [9.17, 15) is 0 Å². The monoisotopic (exact) mass is 488 g/mol. The highest BCUT2D eigenvalue weighted by Crippen LogP contribution is 2.38. The maximum atomic E-state index is 4.95. The molecule has 0 bridgehead atoms. The van der Waals surface area contributed by atoms with E-state index in [0.29, 0.717) is 0 Å². The summed E-state index contributed by atoms with van der Waals surface area (Å²) in [5, 5.41) is 4.14. The third kappa shape index (κ3) is 5.68. The van der Waals surface area contributed by atoms with E-state index in [1.54, 1.807) is 11.3 Å². The molecule has 184 valence electrons. The molecular formula is C28H36N6S. The number of fused-ring (bicyclic) bond motifs is 1. The highest BCUT2D eigenvalue weighted by Gasteiger charge is 2.25. The summed E-state index contributed by atoms with van der Waals surface area (Å²) in [5.74, 6) is 1.59. The summed E-state index contributed by atoms with van der Waals surface area (Å²) >= 11 is 1.64. The van der Waals surface area contributed by atoms with E-state index in [2.05, 4.69) is 75.3 Å². The molecule has 6 nitrogen and oxygen atoms in total. The Hall–Kier alpha value is -3.32. The van der Waals surface area contributed by atoms with Gasteiger partial charge in [0.15, 0.2) is 5.13 Å². The summed E-state index contributed by atoms with van der Waals surface area (Å²) in [7, 11) is 1.98. The quantitative estimate of drug-likeness (QED) is 0.243.